The lowest BCUT2D eigenvalue weighted by atomic mass is 10.1. The molecule has 0 unspecified atom stereocenters. The van der Waals surface area contributed by atoms with E-state index in [4.69, 9.17) is 5.73 Å². The zero-order valence-corrected chi connectivity index (χ0v) is 17.7. The van der Waals surface area contributed by atoms with E-state index >= 15 is 0 Å². The second-order valence-electron chi connectivity index (χ2n) is 5.63. The standard InChI is InChI=1S/C18H26N4OS.2ClH/c1-3-22(4-2)12-15-7-5-6-14(10-15)11-20-18(23)16-13-24-17(21-16)8-9-19;;/h5-7,10,13H,3-4,8-9,11-12,19H2,1-2H3,(H,20,23);2*1H. The van der Waals surface area contributed by atoms with Crippen molar-refractivity contribution in [3.8, 4) is 0 Å². The number of thiazole rings is 1. The van der Waals surface area contributed by atoms with Crippen LogP contribution in [0.4, 0.5) is 0 Å². The van der Waals surface area contributed by atoms with E-state index in [1.165, 1.54) is 16.9 Å². The Labute approximate surface area is 172 Å². The molecule has 0 saturated heterocycles. The summed E-state index contributed by atoms with van der Waals surface area (Å²) in [6.07, 6.45) is 0.714. The number of benzene rings is 1. The van der Waals surface area contributed by atoms with E-state index < -0.39 is 0 Å². The fraction of sp³-hybridized carbons (Fsp3) is 0.444. The molecule has 146 valence electrons. The molecule has 0 fully saturated rings. The van der Waals surface area contributed by atoms with Gasteiger partial charge in [-0.15, -0.1) is 36.2 Å². The highest BCUT2D eigenvalue weighted by molar-refractivity contribution is 7.09. The van der Waals surface area contributed by atoms with Crippen LogP contribution in [0.3, 0.4) is 0 Å². The summed E-state index contributed by atoms with van der Waals surface area (Å²) in [5.41, 5.74) is 8.36. The summed E-state index contributed by atoms with van der Waals surface area (Å²) in [5, 5.41) is 5.63. The van der Waals surface area contributed by atoms with Gasteiger partial charge in [-0.25, -0.2) is 4.98 Å². The molecule has 5 nitrogen and oxygen atoms in total. The molecule has 26 heavy (non-hydrogen) atoms. The van der Waals surface area contributed by atoms with Crippen molar-refractivity contribution in [1.29, 1.82) is 0 Å². The highest BCUT2D eigenvalue weighted by Crippen LogP contribution is 2.11. The maximum Gasteiger partial charge on any atom is 0.271 e. The van der Waals surface area contributed by atoms with E-state index in [2.05, 4.69) is 41.2 Å². The number of amides is 1. The first-order valence-electron chi connectivity index (χ1n) is 8.39. The van der Waals surface area contributed by atoms with Crippen molar-refractivity contribution >= 4 is 42.1 Å². The molecular formula is C18H28Cl2N4OS. The van der Waals surface area contributed by atoms with Gasteiger partial charge in [0.2, 0.25) is 0 Å². The van der Waals surface area contributed by atoms with Gasteiger partial charge in [0.15, 0.2) is 0 Å². The molecule has 0 aliphatic carbocycles. The number of nitrogens with one attached hydrogen (secondary N) is 1. The van der Waals surface area contributed by atoms with E-state index in [1.54, 1.807) is 5.38 Å². The van der Waals surface area contributed by atoms with Gasteiger partial charge in [0.1, 0.15) is 5.69 Å². The average molecular weight is 419 g/mol. The first kappa shape index (κ1) is 24.8. The van der Waals surface area contributed by atoms with Crippen molar-refractivity contribution in [3.05, 3.63) is 51.5 Å². The number of hydrogen-bond acceptors (Lipinski definition) is 5. The van der Waals surface area contributed by atoms with Gasteiger partial charge in [-0.2, -0.15) is 0 Å². The van der Waals surface area contributed by atoms with E-state index in [1.807, 2.05) is 12.1 Å². The number of nitrogens with zero attached hydrogens (tertiary/aromatic N) is 2. The van der Waals surface area contributed by atoms with Gasteiger partial charge in [-0.05, 0) is 30.8 Å². The number of carbonyl (C=O) groups is 1. The van der Waals surface area contributed by atoms with Gasteiger partial charge < -0.3 is 11.1 Å². The SMILES string of the molecule is CCN(CC)Cc1cccc(CNC(=O)c2csc(CCN)n2)c1.Cl.Cl. The van der Waals surface area contributed by atoms with Gasteiger partial charge in [-0.1, -0.05) is 38.1 Å². The maximum atomic E-state index is 12.2. The van der Waals surface area contributed by atoms with Crippen LogP contribution < -0.4 is 11.1 Å². The molecule has 0 atom stereocenters. The molecule has 1 heterocycles. The fourth-order valence-corrected chi connectivity index (χ4v) is 3.26. The molecule has 0 bridgehead atoms. The molecule has 2 rings (SSSR count). The average Bonchev–Trinajstić information content (AvgIpc) is 3.07. The smallest absolute Gasteiger partial charge is 0.271 e. The van der Waals surface area contributed by atoms with Crippen LogP contribution in [0.1, 0.15) is 40.5 Å². The predicted molar refractivity (Wildman–Crippen MR) is 114 cm³/mol. The van der Waals surface area contributed by atoms with Crippen LogP contribution in [0, 0.1) is 0 Å². The second kappa shape index (κ2) is 13.1. The van der Waals surface area contributed by atoms with E-state index in [0.717, 1.165) is 30.2 Å². The Balaban J connectivity index is 0.00000312. The molecule has 1 aromatic heterocycles. The maximum absolute atomic E-state index is 12.2. The molecular weight excluding hydrogens is 391 g/mol. The zero-order valence-electron chi connectivity index (χ0n) is 15.2. The summed E-state index contributed by atoms with van der Waals surface area (Å²) in [6, 6.07) is 8.36. The first-order valence-corrected chi connectivity index (χ1v) is 9.27. The summed E-state index contributed by atoms with van der Waals surface area (Å²) < 4.78 is 0. The van der Waals surface area contributed by atoms with Gasteiger partial charge in [0.25, 0.3) is 5.91 Å². The van der Waals surface area contributed by atoms with E-state index in [0.29, 0.717) is 25.2 Å². The van der Waals surface area contributed by atoms with Crippen molar-refractivity contribution in [3.63, 3.8) is 0 Å². The number of halogens is 2. The minimum atomic E-state index is -0.135. The lowest BCUT2D eigenvalue weighted by molar-refractivity contribution is 0.0946. The largest absolute Gasteiger partial charge is 0.347 e. The third-order valence-electron chi connectivity index (χ3n) is 3.89. The molecule has 2 aromatic rings. The van der Waals surface area contributed by atoms with Crippen LogP contribution in [-0.4, -0.2) is 35.4 Å². The molecule has 8 heteroatoms. The lowest BCUT2D eigenvalue weighted by Crippen LogP contribution is -2.24. The van der Waals surface area contributed by atoms with Gasteiger partial charge in [0, 0.05) is 24.9 Å². The Kier molecular flexibility index (Phi) is 12.5. The number of hydrogen-bond donors (Lipinski definition) is 2. The summed E-state index contributed by atoms with van der Waals surface area (Å²) in [4.78, 5) is 18.9. The van der Waals surface area contributed by atoms with Crippen LogP contribution in [-0.2, 0) is 19.5 Å². The van der Waals surface area contributed by atoms with E-state index in [-0.39, 0.29) is 30.7 Å². The van der Waals surface area contributed by atoms with Crippen LogP contribution in [0.25, 0.3) is 0 Å². The van der Waals surface area contributed by atoms with Gasteiger partial charge in [-0.3, -0.25) is 9.69 Å². The lowest BCUT2D eigenvalue weighted by Gasteiger charge is -2.18. The minimum absolute atomic E-state index is 0. The number of carbonyl (C=O) groups excluding carboxylic acids is 1. The van der Waals surface area contributed by atoms with Crippen LogP contribution in [0.5, 0.6) is 0 Å². The normalized spacial score (nSPS) is 10.2. The molecule has 0 aliphatic heterocycles. The summed E-state index contributed by atoms with van der Waals surface area (Å²) in [7, 11) is 0. The number of nitrogens with two attached hydrogens (primary N) is 1. The van der Waals surface area contributed by atoms with Crippen molar-refractivity contribution in [2.75, 3.05) is 19.6 Å². The first-order chi connectivity index (χ1) is 11.7. The minimum Gasteiger partial charge on any atom is -0.347 e. The zero-order chi connectivity index (χ0) is 17.4. The second-order valence-corrected chi connectivity index (χ2v) is 6.57. The number of rotatable bonds is 9. The highest BCUT2D eigenvalue weighted by atomic mass is 35.5. The Bertz CT molecular complexity index is 662. The third kappa shape index (κ3) is 7.60. The molecule has 1 amide bonds. The molecule has 1 aromatic carbocycles. The summed E-state index contributed by atoms with van der Waals surface area (Å²) in [6.45, 7) is 8.39. The third-order valence-corrected chi connectivity index (χ3v) is 4.80. The highest BCUT2D eigenvalue weighted by Gasteiger charge is 2.10. The number of aromatic nitrogens is 1. The van der Waals surface area contributed by atoms with E-state index in [9.17, 15) is 4.79 Å². The van der Waals surface area contributed by atoms with Gasteiger partial charge >= 0.3 is 0 Å². The Hall–Kier alpha value is -1.18. The Morgan fingerprint density at radius 3 is 2.58 bits per heavy atom. The molecule has 3 N–H and O–H groups in total. The van der Waals surface area contributed by atoms with Crippen LogP contribution in [0.15, 0.2) is 29.6 Å². The van der Waals surface area contributed by atoms with Gasteiger partial charge in [0.05, 0.1) is 5.01 Å². The molecule has 0 spiro atoms. The van der Waals surface area contributed by atoms with Crippen molar-refractivity contribution in [2.24, 2.45) is 5.73 Å². The summed E-state index contributed by atoms with van der Waals surface area (Å²) >= 11 is 1.48. The molecule has 0 aliphatic rings. The Morgan fingerprint density at radius 1 is 1.23 bits per heavy atom. The quantitative estimate of drug-likeness (QED) is 0.655. The monoisotopic (exact) mass is 418 g/mol. The van der Waals surface area contributed by atoms with Crippen LogP contribution >= 0.6 is 36.2 Å². The van der Waals surface area contributed by atoms with Crippen molar-refractivity contribution in [1.82, 2.24) is 15.2 Å². The summed E-state index contributed by atoms with van der Waals surface area (Å²) in [5.74, 6) is -0.135. The molecule has 0 radical (unpaired) electrons. The predicted octanol–water partition coefficient (Wildman–Crippen LogP) is 3.26. The van der Waals surface area contributed by atoms with Crippen LogP contribution in [0.2, 0.25) is 0 Å². The topological polar surface area (TPSA) is 71.2 Å². The fourth-order valence-electron chi connectivity index (χ4n) is 2.47. The molecule has 0 saturated carbocycles. The van der Waals surface area contributed by atoms with Crippen molar-refractivity contribution < 1.29 is 4.79 Å². The van der Waals surface area contributed by atoms with Crippen molar-refractivity contribution in [2.45, 2.75) is 33.4 Å². The Morgan fingerprint density at radius 2 is 1.92 bits per heavy atom.